The fraction of sp³-hybridized carbons (Fsp3) is 0.235. The van der Waals surface area contributed by atoms with Gasteiger partial charge >= 0.3 is 5.97 Å². The minimum absolute atomic E-state index is 0.248. The van der Waals surface area contributed by atoms with Gasteiger partial charge in [-0.3, -0.25) is 0 Å². The van der Waals surface area contributed by atoms with E-state index in [-0.39, 0.29) is 5.02 Å². The van der Waals surface area contributed by atoms with Crippen LogP contribution >= 0.6 is 23.2 Å². The molecular formula is C17H14Cl2O5. The Hall–Kier alpha value is -2.11. The molecule has 1 heterocycles. The highest BCUT2D eigenvalue weighted by Crippen LogP contribution is 2.34. The molecule has 24 heavy (non-hydrogen) atoms. The summed E-state index contributed by atoms with van der Waals surface area (Å²) in [6.45, 7) is 2.52. The van der Waals surface area contributed by atoms with E-state index in [1.54, 1.807) is 43.3 Å². The maximum Gasteiger partial charge on any atom is 0.352 e. The van der Waals surface area contributed by atoms with Crippen molar-refractivity contribution in [2.75, 3.05) is 13.2 Å². The fourth-order valence-electron chi connectivity index (χ4n) is 2.10. The summed E-state index contributed by atoms with van der Waals surface area (Å²) in [7, 11) is 0. The first-order valence-corrected chi connectivity index (χ1v) is 8.02. The fourth-order valence-corrected chi connectivity index (χ4v) is 2.44. The summed E-state index contributed by atoms with van der Waals surface area (Å²) in [5, 5.41) is 0.597. The Morgan fingerprint density at radius 3 is 2.67 bits per heavy atom. The molecule has 5 nitrogen and oxygen atoms in total. The zero-order chi connectivity index (χ0) is 17.1. The maximum absolute atomic E-state index is 12.2. The Morgan fingerprint density at radius 1 is 1.12 bits per heavy atom. The van der Waals surface area contributed by atoms with Gasteiger partial charge in [0.2, 0.25) is 0 Å². The number of rotatable bonds is 4. The van der Waals surface area contributed by atoms with Gasteiger partial charge in [-0.1, -0.05) is 29.3 Å². The topological polar surface area (TPSA) is 54.0 Å². The first kappa shape index (κ1) is 16.7. The van der Waals surface area contributed by atoms with E-state index in [4.69, 9.17) is 42.1 Å². The SMILES string of the molecule is CC(Oc1cccc(Cl)c1Cl)C(=O)Oc1ccc2c(c1)OCCO2. The minimum atomic E-state index is -0.867. The van der Waals surface area contributed by atoms with Gasteiger partial charge in [-0.2, -0.15) is 0 Å². The van der Waals surface area contributed by atoms with Crippen molar-refractivity contribution in [2.24, 2.45) is 0 Å². The Morgan fingerprint density at radius 2 is 1.88 bits per heavy atom. The third-order valence-electron chi connectivity index (χ3n) is 3.28. The number of benzene rings is 2. The number of hydrogen-bond donors (Lipinski definition) is 0. The molecule has 0 spiro atoms. The zero-order valence-corrected chi connectivity index (χ0v) is 14.3. The summed E-state index contributed by atoms with van der Waals surface area (Å²) in [5.41, 5.74) is 0. The second-order valence-corrected chi connectivity index (χ2v) is 5.82. The first-order valence-electron chi connectivity index (χ1n) is 7.26. The van der Waals surface area contributed by atoms with E-state index >= 15 is 0 Å². The average Bonchev–Trinajstić information content (AvgIpc) is 2.58. The van der Waals surface area contributed by atoms with E-state index in [9.17, 15) is 4.79 Å². The molecule has 1 atom stereocenters. The maximum atomic E-state index is 12.2. The Kier molecular flexibility index (Phi) is 5.02. The molecule has 0 radical (unpaired) electrons. The normalized spacial score (nSPS) is 14.0. The minimum Gasteiger partial charge on any atom is -0.486 e. The van der Waals surface area contributed by atoms with Gasteiger partial charge in [-0.25, -0.2) is 4.79 Å². The predicted molar refractivity (Wildman–Crippen MR) is 89.6 cm³/mol. The van der Waals surface area contributed by atoms with Gasteiger partial charge < -0.3 is 18.9 Å². The largest absolute Gasteiger partial charge is 0.486 e. The monoisotopic (exact) mass is 368 g/mol. The highest BCUT2D eigenvalue weighted by atomic mass is 35.5. The van der Waals surface area contributed by atoms with Crippen molar-refractivity contribution in [2.45, 2.75) is 13.0 Å². The predicted octanol–water partition coefficient (Wildman–Crippen LogP) is 4.14. The summed E-state index contributed by atoms with van der Waals surface area (Å²) >= 11 is 12.0. The molecule has 0 aromatic heterocycles. The number of carbonyl (C=O) groups is 1. The molecule has 1 unspecified atom stereocenters. The summed E-state index contributed by atoms with van der Waals surface area (Å²) in [4.78, 5) is 12.2. The van der Waals surface area contributed by atoms with Crippen LogP contribution in [0, 0.1) is 0 Å². The van der Waals surface area contributed by atoms with Crippen LogP contribution in [0.4, 0.5) is 0 Å². The van der Waals surface area contributed by atoms with Crippen LogP contribution < -0.4 is 18.9 Å². The average molecular weight is 369 g/mol. The summed E-state index contributed by atoms with van der Waals surface area (Å²) in [6.07, 6.45) is -0.867. The molecule has 7 heteroatoms. The van der Waals surface area contributed by atoms with Crippen LogP contribution in [0.15, 0.2) is 36.4 Å². The van der Waals surface area contributed by atoms with E-state index < -0.39 is 12.1 Å². The van der Waals surface area contributed by atoms with Crippen molar-refractivity contribution in [1.29, 1.82) is 0 Å². The third kappa shape index (κ3) is 3.68. The lowest BCUT2D eigenvalue weighted by Gasteiger charge is -2.19. The van der Waals surface area contributed by atoms with Gasteiger partial charge in [0.1, 0.15) is 29.7 Å². The van der Waals surface area contributed by atoms with E-state index in [2.05, 4.69) is 0 Å². The van der Waals surface area contributed by atoms with E-state index in [0.717, 1.165) is 0 Å². The van der Waals surface area contributed by atoms with E-state index in [0.29, 0.717) is 41.2 Å². The summed E-state index contributed by atoms with van der Waals surface area (Å²) < 4.78 is 21.7. The van der Waals surface area contributed by atoms with Gasteiger partial charge in [0, 0.05) is 6.07 Å². The van der Waals surface area contributed by atoms with Crippen LogP contribution in [0.3, 0.4) is 0 Å². The Bertz CT molecular complexity index is 763. The van der Waals surface area contributed by atoms with Crippen molar-refractivity contribution < 1.29 is 23.7 Å². The van der Waals surface area contributed by atoms with Crippen LogP contribution in [0.1, 0.15) is 6.92 Å². The van der Waals surface area contributed by atoms with Crippen LogP contribution in [0.5, 0.6) is 23.0 Å². The number of carbonyl (C=O) groups excluding carboxylic acids is 1. The molecule has 0 amide bonds. The molecule has 0 N–H and O–H groups in total. The molecule has 126 valence electrons. The number of ether oxygens (including phenoxy) is 4. The highest BCUT2D eigenvalue weighted by molar-refractivity contribution is 6.42. The number of hydrogen-bond acceptors (Lipinski definition) is 5. The molecule has 0 aliphatic carbocycles. The van der Waals surface area contributed by atoms with Crippen molar-refractivity contribution >= 4 is 29.2 Å². The van der Waals surface area contributed by atoms with Crippen LogP contribution in [0.2, 0.25) is 10.0 Å². The standard InChI is InChI=1S/C17H14Cl2O5/c1-10(23-14-4-2-3-12(18)16(14)19)17(20)24-11-5-6-13-15(9-11)22-8-7-21-13/h2-6,9-10H,7-8H2,1H3. The van der Waals surface area contributed by atoms with E-state index in [1.165, 1.54) is 0 Å². The lowest BCUT2D eigenvalue weighted by atomic mass is 10.3. The first-order chi connectivity index (χ1) is 11.5. The van der Waals surface area contributed by atoms with Gasteiger partial charge in [-0.05, 0) is 31.2 Å². The quantitative estimate of drug-likeness (QED) is 0.599. The molecule has 0 bridgehead atoms. The smallest absolute Gasteiger partial charge is 0.352 e. The summed E-state index contributed by atoms with van der Waals surface area (Å²) in [5.74, 6) is 1.25. The molecule has 3 rings (SSSR count). The molecule has 2 aromatic carbocycles. The number of esters is 1. The molecule has 2 aromatic rings. The molecule has 1 aliphatic rings. The molecule has 0 saturated heterocycles. The second kappa shape index (κ2) is 7.20. The van der Waals surface area contributed by atoms with E-state index in [1.807, 2.05) is 0 Å². The highest BCUT2D eigenvalue weighted by Gasteiger charge is 2.20. The number of halogens is 2. The lowest BCUT2D eigenvalue weighted by molar-refractivity contribution is -0.141. The molecule has 0 fully saturated rings. The summed E-state index contributed by atoms with van der Waals surface area (Å²) in [6, 6.07) is 9.87. The van der Waals surface area contributed by atoms with Gasteiger partial charge in [0.25, 0.3) is 0 Å². The third-order valence-corrected chi connectivity index (χ3v) is 4.09. The Labute approximate surface area is 149 Å². The molecule has 0 saturated carbocycles. The second-order valence-electron chi connectivity index (χ2n) is 5.04. The Balaban J connectivity index is 1.67. The van der Waals surface area contributed by atoms with Crippen molar-refractivity contribution in [3.05, 3.63) is 46.4 Å². The number of fused-ring (bicyclic) bond motifs is 1. The van der Waals surface area contributed by atoms with Crippen LogP contribution in [-0.2, 0) is 4.79 Å². The zero-order valence-electron chi connectivity index (χ0n) is 12.8. The van der Waals surface area contributed by atoms with Gasteiger partial charge in [0.05, 0.1) is 5.02 Å². The van der Waals surface area contributed by atoms with Gasteiger partial charge in [0.15, 0.2) is 17.6 Å². The van der Waals surface area contributed by atoms with Crippen molar-refractivity contribution in [1.82, 2.24) is 0 Å². The lowest BCUT2D eigenvalue weighted by Crippen LogP contribution is -2.28. The molecular weight excluding hydrogens is 355 g/mol. The van der Waals surface area contributed by atoms with Crippen LogP contribution in [-0.4, -0.2) is 25.3 Å². The van der Waals surface area contributed by atoms with Crippen molar-refractivity contribution in [3.63, 3.8) is 0 Å². The van der Waals surface area contributed by atoms with Crippen molar-refractivity contribution in [3.8, 4) is 23.0 Å². The van der Waals surface area contributed by atoms with Gasteiger partial charge in [-0.15, -0.1) is 0 Å². The van der Waals surface area contributed by atoms with Crippen LogP contribution in [0.25, 0.3) is 0 Å². The molecule has 1 aliphatic heterocycles.